The van der Waals surface area contributed by atoms with E-state index in [0.29, 0.717) is 24.0 Å². The molecule has 0 bridgehead atoms. The lowest BCUT2D eigenvalue weighted by atomic mass is 10.2. The SMILES string of the molecule is CC(C)NCCCS(=O)(=O)NCc1ccccc1Cl. The largest absolute Gasteiger partial charge is 0.314 e. The molecule has 19 heavy (non-hydrogen) atoms. The van der Waals surface area contributed by atoms with Gasteiger partial charge in [-0.1, -0.05) is 43.6 Å². The van der Waals surface area contributed by atoms with Crippen molar-refractivity contribution in [1.29, 1.82) is 0 Å². The van der Waals surface area contributed by atoms with E-state index >= 15 is 0 Å². The fraction of sp³-hybridized carbons (Fsp3) is 0.538. The van der Waals surface area contributed by atoms with Gasteiger partial charge in [0.1, 0.15) is 0 Å². The summed E-state index contributed by atoms with van der Waals surface area (Å²) in [6, 6.07) is 7.59. The third-order valence-electron chi connectivity index (χ3n) is 2.58. The van der Waals surface area contributed by atoms with Crippen LogP contribution in [-0.2, 0) is 16.6 Å². The van der Waals surface area contributed by atoms with E-state index in [-0.39, 0.29) is 12.3 Å². The van der Waals surface area contributed by atoms with E-state index in [2.05, 4.69) is 10.0 Å². The van der Waals surface area contributed by atoms with Crippen molar-refractivity contribution in [2.75, 3.05) is 12.3 Å². The minimum absolute atomic E-state index is 0.122. The van der Waals surface area contributed by atoms with E-state index < -0.39 is 10.0 Å². The van der Waals surface area contributed by atoms with Gasteiger partial charge in [0.15, 0.2) is 0 Å². The molecule has 0 aliphatic carbocycles. The molecule has 0 unspecified atom stereocenters. The molecule has 108 valence electrons. The van der Waals surface area contributed by atoms with Crippen LogP contribution < -0.4 is 10.0 Å². The average Bonchev–Trinajstić information content (AvgIpc) is 2.34. The van der Waals surface area contributed by atoms with Gasteiger partial charge in [0.2, 0.25) is 10.0 Å². The van der Waals surface area contributed by atoms with Crippen molar-refractivity contribution in [3.63, 3.8) is 0 Å². The summed E-state index contributed by atoms with van der Waals surface area (Å²) in [6.07, 6.45) is 0.593. The third kappa shape index (κ3) is 6.92. The van der Waals surface area contributed by atoms with Crippen LogP contribution >= 0.6 is 11.6 Å². The molecule has 0 fully saturated rings. The van der Waals surface area contributed by atoms with Gasteiger partial charge in [0.05, 0.1) is 5.75 Å². The second kappa shape index (κ2) is 7.85. The zero-order valence-corrected chi connectivity index (χ0v) is 12.9. The number of rotatable bonds is 8. The summed E-state index contributed by atoms with van der Waals surface area (Å²) >= 11 is 5.97. The van der Waals surface area contributed by atoms with E-state index in [4.69, 9.17) is 11.6 Å². The zero-order chi connectivity index (χ0) is 14.3. The Balaban J connectivity index is 2.37. The Morgan fingerprint density at radius 3 is 2.58 bits per heavy atom. The maximum absolute atomic E-state index is 11.8. The molecule has 0 aliphatic heterocycles. The van der Waals surface area contributed by atoms with Crippen LogP contribution in [0.5, 0.6) is 0 Å². The molecular weight excluding hydrogens is 284 g/mol. The van der Waals surface area contributed by atoms with Gasteiger partial charge in [0, 0.05) is 17.6 Å². The Morgan fingerprint density at radius 2 is 1.95 bits per heavy atom. The second-order valence-corrected chi connectivity index (χ2v) is 7.03. The molecular formula is C13H21ClN2O2S. The number of hydrogen-bond acceptors (Lipinski definition) is 3. The molecule has 0 atom stereocenters. The van der Waals surface area contributed by atoms with Crippen molar-refractivity contribution in [2.45, 2.75) is 32.9 Å². The molecule has 1 aromatic carbocycles. The summed E-state index contributed by atoms with van der Waals surface area (Å²) in [5.74, 6) is 0.122. The quantitative estimate of drug-likeness (QED) is 0.724. The van der Waals surface area contributed by atoms with Gasteiger partial charge in [0.25, 0.3) is 0 Å². The van der Waals surface area contributed by atoms with Crippen LogP contribution in [0, 0.1) is 0 Å². The van der Waals surface area contributed by atoms with Crippen molar-refractivity contribution in [3.8, 4) is 0 Å². The maximum Gasteiger partial charge on any atom is 0.211 e. The maximum atomic E-state index is 11.8. The summed E-state index contributed by atoms with van der Waals surface area (Å²) in [5.41, 5.74) is 0.785. The van der Waals surface area contributed by atoms with E-state index in [0.717, 1.165) is 5.56 Å². The highest BCUT2D eigenvalue weighted by Crippen LogP contribution is 2.14. The summed E-state index contributed by atoms with van der Waals surface area (Å²) in [5, 5.41) is 3.76. The fourth-order valence-electron chi connectivity index (χ4n) is 1.55. The minimum Gasteiger partial charge on any atom is -0.314 e. The highest BCUT2D eigenvalue weighted by molar-refractivity contribution is 7.89. The average molecular weight is 305 g/mol. The topological polar surface area (TPSA) is 58.2 Å². The van der Waals surface area contributed by atoms with Crippen molar-refractivity contribution < 1.29 is 8.42 Å². The number of sulfonamides is 1. The van der Waals surface area contributed by atoms with Gasteiger partial charge in [-0.2, -0.15) is 0 Å². The molecule has 6 heteroatoms. The van der Waals surface area contributed by atoms with Crippen LogP contribution in [0.4, 0.5) is 0 Å². The van der Waals surface area contributed by atoms with Crippen LogP contribution in [0.25, 0.3) is 0 Å². The van der Waals surface area contributed by atoms with E-state index in [9.17, 15) is 8.42 Å². The molecule has 0 radical (unpaired) electrons. The molecule has 2 N–H and O–H groups in total. The number of nitrogens with one attached hydrogen (secondary N) is 2. The van der Waals surface area contributed by atoms with Crippen LogP contribution in [-0.4, -0.2) is 26.8 Å². The highest BCUT2D eigenvalue weighted by atomic mass is 35.5. The smallest absolute Gasteiger partial charge is 0.211 e. The first kappa shape index (κ1) is 16.4. The number of halogens is 1. The Kier molecular flexibility index (Phi) is 6.79. The fourth-order valence-corrected chi connectivity index (χ4v) is 2.80. The van der Waals surface area contributed by atoms with Crippen LogP contribution in [0.1, 0.15) is 25.8 Å². The monoisotopic (exact) mass is 304 g/mol. The lowest BCUT2D eigenvalue weighted by Gasteiger charge is -2.10. The molecule has 0 aliphatic rings. The predicted molar refractivity (Wildman–Crippen MR) is 79.8 cm³/mol. The lowest BCUT2D eigenvalue weighted by molar-refractivity contribution is 0.561. The van der Waals surface area contributed by atoms with Crippen molar-refractivity contribution in [2.24, 2.45) is 0 Å². The molecule has 4 nitrogen and oxygen atoms in total. The summed E-state index contributed by atoms with van der Waals surface area (Å²) in [4.78, 5) is 0. The van der Waals surface area contributed by atoms with Crippen molar-refractivity contribution in [3.05, 3.63) is 34.9 Å². The summed E-state index contributed by atoms with van der Waals surface area (Å²) in [6.45, 7) is 5.00. The highest BCUT2D eigenvalue weighted by Gasteiger charge is 2.10. The Morgan fingerprint density at radius 1 is 1.26 bits per heavy atom. The normalized spacial score (nSPS) is 12.0. The second-order valence-electron chi connectivity index (χ2n) is 4.69. The van der Waals surface area contributed by atoms with Gasteiger partial charge >= 0.3 is 0 Å². The van der Waals surface area contributed by atoms with Gasteiger partial charge in [-0.25, -0.2) is 13.1 Å². The number of hydrogen-bond donors (Lipinski definition) is 2. The van der Waals surface area contributed by atoms with Gasteiger partial charge in [-0.15, -0.1) is 0 Å². The molecule has 0 amide bonds. The summed E-state index contributed by atoms with van der Waals surface area (Å²) < 4.78 is 26.1. The molecule has 0 aromatic heterocycles. The van der Waals surface area contributed by atoms with Crippen molar-refractivity contribution >= 4 is 21.6 Å². The minimum atomic E-state index is -3.24. The first-order valence-electron chi connectivity index (χ1n) is 6.35. The van der Waals surface area contributed by atoms with Crippen LogP contribution in [0.3, 0.4) is 0 Å². The van der Waals surface area contributed by atoms with Gasteiger partial charge < -0.3 is 5.32 Å². The van der Waals surface area contributed by atoms with E-state index in [1.165, 1.54) is 0 Å². The predicted octanol–water partition coefficient (Wildman–Crippen LogP) is 2.15. The van der Waals surface area contributed by atoms with Crippen molar-refractivity contribution in [1.82, 2.24) is 10.0 Å². The van der Waals surface area contributed by atoms with E-state index in [1.807, 2.05) is 32.0 Å². The molecule has 1 aromatic rings. The Hall–Kier alpha value is -0.620. The zero-order valence-electron chi connectivity index (χ0n) is 11.3. The number of benzene rings is 1. The molecule has 0 heterocycles. The molecule has 0 spiro atoms. The van der Waals surface area contributed by atoms with Gasteiger partial charge in [-0.3, -0.25) is 0 Å². The molecule has 1 rings (SSSR count). The Labute approximate surface area is 120 Å². The molecule has 0 saturated heterocycles. The Bertz CT molecular complexity index is 489. The summed E-state index contributed by atoms with van der Waals surface area (Å²) in [7, 11) is -3.24. The van der Waals surface area contributed by atoms with E-state index in [1.54, 1.807) is 6.07 Å². The lowest BCUT2D eigenvalue weighted by Crippen LogP contribution is -2.29. The van der Waals surface area contributed by atoms with Crippen LogP contribution in [0.2, 0.25) is 5.02 Å². The molecule has 0 saturated carbocycles. The first-order valence-corrected chi connectivity index (χ1v) is 8.38. The standard InChI is InChI=1S/C13H21ClN2O2S/c1-11(2)15-8-5-9-19(17,18)16-10-12-6-3-4-7-13(12)14/h3-4,6-7,11,15-16H,5,8-10H2,1-2H3. The van der Waals surface area contributed by atoms with Crippen LogP contribution in [0.15, 0.2) is 24.3 Å². The third-order valence-corrected chi connectivity index (χ3v) is 4.36. The first-order chi connectivity index (χ1) is 8.91. The van der Waals surface area contributed by atoms with Gasteiger partial charge in [-0.05, 0) is 24.6 Å².